The molecule has 0 saturated carbocycles. The van der Waals surface area contributed by atoms with Crippen LogP contribution in [-0.2, 0) is 43.2 Å². The monoisotopic (exact) mass is 548 g/mol. The molecule has 1 atom stereocenters. The quantitative estimate of drug-likeness (QED) is 0.196. The topological polar surface area (TPSA) is 54.1 Å². The van der Waals surface area contributed by atoms with Gasteiger partial charge in [-0.15, -0.1) is 0 Å². The number of fused-ring (bicyclic) bond motifs is 2. The smallest absolute Gasteiger partial charge is 0.329 e. The molecule has 0 radical (unpaired) electrons. The normalized spacial score (nSPS) is 14.2. The first kappa shape index (κ1) is 29.0. The van der Waals surface area contributed by atoms with E-state index in [1.807, 2.05) is 24.3 Å². The number of aryl methyl sites for hydroxylation is 2. The van der Waals surface area contributed by atoms with Gasteiger partial charge in [0, 0.05) is 19.5 Å². The fourth-order valence-electron chi connectivity index (χ4n) is 4.58. The number of benzene rings is 2. The van der Waals surface area contributed by atoms with Crippen LogP contribution in [0.2, 0.25) is 0 Å². The summed E-state index contributed by atoms with van der Waals surface area (Å²) < 4.78 is 73.0. The Morgan fingerprint density at radius 3 is 2.23 bits per heavy atom. The fraction of sp³-hybridized carbons (Fsp3) is 0.517. The molecule has 2 heterocycles. The molecule has 0 fully saturated rings. The number of aromatic nitrogens is 4. The van der Waals surface area contributed by atoms with Gasteiger partial charge in [-0.2, -0.15) is 22.7 Å². The molecule has 0 N–H and O–H groups in total. The van der Waals surface area contributed by atoms with Crippen molar-refractivity contribution in [3.8, 4) is 0 Å². The molecule has 0 amide bonds. The van der Waals surface area contributed by atoms with Gasteiger partial charge < -0.3 is 14.0 Å². The van der Waals surface area contributed by atoms with Crippen molar-refractivity contribution in [1.29, 1.82) is 0 Å². The van der Waals surface area contributed by atoms with Gasteiger partial charge in [0.1, 0.15) is 12.4 Å². The maximum absolute atomic E-state index is 15.4. The average molecular weight is 549 g/mol. The Hall–Kier alpha value is -2.98. The lowest BCUT2D eigenvalue weighted by Gasteiger charge is -2.29. The predicted octanol–water partition coefficient (Wildman–Crippen LogP) is 7.24. The minimum Gasteiger partial charge on any atom is -0.329 e. The minimum absolute atomic E-state index is 0.0578. The third-order valence-corrected chi connectivity index (χ3v) is 7.22. The summed E-state index contributed by atoms with van der Waals surface area (Å²) in [6.07, 6.45) is -6.69. The summed E-state index contributed by atoms with van der Waals surface area (Å²) in [7, 11) is 3.46. The molecule has 0 bridgehead atoms. The summed E-state index contributed by atoms with van der Waals surface area (Å²) in [5.74, 6) is -1.07. The first-order valence-electron chi connectivity index (χ1n) is 13.0. The van der Waals surface area contributed by atoms with Crippen LogP contribution >= 0.6 is 0 Å². The van der Waals surface area contributed by atoms with E-state index in [0.29, 0.717) is 28.0 Å². The number of rotatable bonds is 10. The molecule has 212 valence electrons. The van der Waals surface area contributed by atoms with Gasteiger partial charge in [0.2, 0.25) is 0 Å². The second kappa shape index (κ2) is 10.5. The second-order valence-electron chi connectivity index (χ2n) is 11.5. The highest BCUT2D eigenvalue weighted by atomic mass is 19.3. The highest BCUT2D eigenvalue weighted by Crippen LogP contribution is 2.38. The van der Waals surface area contributed by atoms with Gasteiger partial charge in [-0.3, -0.25) is 4.68 Å². The van der Waals surface area contributed by atoms with E-state index < -0.39 is 23.6 Å². The van der Waals surface area contributed by atoms with Gasteiger partial charge in [-0.25, -0.2) is 4.98 Å². The molecule has 39 heavy (non-hydrogen) atoms. The lowest BCUT2D eigenvalue weighted by atomic mass is 9.88. The highest BCUT2D eigenvalue weighted by Gasteiger charge is 2.45. The number of nitrogens with zero attached hydrogens (tertiary/aromatic N) is 4. The van der Waals surface area contributed by atoms with Crippen molar-refractivity contribution in [3.63, 3.8) is 0 Å². The van der Waals surface area contributed by atoms with Gasteiger partial charge in [-0.05, 0) is 36.1 Å². The van der Waals surface area contributed by atoms with E-state index in [4.69, 9.17) is 9.47 Å². The lowest BCUT2D eigenvalue weighted by Crippen LogP contribution is -2.36. The third kappa shape index (κ3) is 5.96. The van der Waals surface area contributed by atoms with E-state index in [9.17, 15) is 8.78 Å². The van der Waals surface area contributed by atoms with Crippen LogP contribution in [0.15, 0.2) is 42.5 Å². The van der Waals surface area contributed by atoms with Crippen LogP contribution in [0.5, 0.6) is 0 Å². The van der Waals surface area contributed by atoms with Gasteiger partial charge in [-0.1, -0.05) is 58.9 Å². The third-order valence-electron chi connectivity index (χ3n) is 7.22. The SMILES string of the molecule is CC(C)C(Cc1ccc2c(COC(F)(F)C(C)(C)C)nn(C)c2c1)C(F)(F)OCc1nc2ccccc2n1C. The Labute approximate surface area is 225 Å². The minimum atomic E-state index is -3.41. The molecule has 2 aromatic heterocycles. The second-order valence-corrected chi connectivity index (χ2v) is 11.5. The molecular weight excluding hydrogens is 512 g/mol. The summed E-state index contributed by atoms with van der Waals surface area (Å²) in [6.45, 7) is 6.99. The largest absolute Gasteiger partial charge is 0.360 e. The fourth-order valence-corrected chi connectivity index (χ4v) is 4.58. The molecular formula is C29H36F4N4O2. The summed E-state index contributed by atoms with van der Waals surface area (Å²) in [5, 5.41) is 4.98. The number of alkyl halides is 4. The van der Waals surface area contributed by atoms with Crippen molar-refractivity contribution in [3.05, 3.63) is 59.5 Å². The number of para-hydroxylation sites is 2. The van der Waals surface area contributed by atoms with E-state index in [1.54, 1.807) is 55.4 Å². The molecule has 0 aliphatic rings. The van der Waals surface area contributed by atoms with Crippen molar-refractivity contribution in [2.75, 3.05) is 0 Å². The van der Waals surface area contributed by atoms with Crippen LogP contribution in [0.3, 0.4) is 0 Å². The lowest BCUT2D eigenvalue weighted by molar-refractivity contribution is -0.301. The molecule has 6 nitrogen and oxygen atoms in total. The van der Waals surface area contributed by atoms with Gasteiger partial charge in [0.25, 0.3) is 0 Å². The van der Waals surface area contributed by atoms with Crippen molar-refractivity contribution in [2.24, 2.45) is 31.3 Å². The number of hydrogen-bond donors (Lipinski definition) is 0. The average Bonchev–Trinajstić information content (AvgIpc) is 3.35. The van der Waals surface area contributed by atoms with E-state index in [-0.39, 0.29) is 25.6 Å². The molecule has 0 aliphatic heterocycles. The van der Waals surface area contributed by atoms with Crippen LogP contribution in [-0.4, -0.2) is 31.5 Å². The Kier molecular flexibility index (Phi) is 7.84. The molecule has 2 aromatic carbocycles. The summed E-state index contributed by atoms with van der Waals surface area (Å²) in [6, 6.07) is 12.6. The Balaban J connectivity index is 1.51. The summed E-state index contributed by atoms with van der Waals surface area (Å²) in [4.78, 5) is 4.43. The van der Waals surface area contributed by atoms with E-state index in [0.717, 1.165) is 11.0 Å². The number of hydrogen-bond acceptors (Lipinski definition) is 4. The molecule has 1 unspecified atom stereocenters. The van der Waals surface area contributed by atoms with E-state index in [2.05, 4.69) is 10.1 Å². The van der Waals surface area contributed by atoms with Crippen molar-refractivity contribution >= 4 is 21.9 Å². The van der Waals surface area contributed by atoms with Crippen LogP contribution in [0.4, 0.5) is 17.6 Å². The van der Waals surface area contributed by atoms with Crippen LogP contribution in [0.1, 0.15) is 51.7 Å². The van der Waals surface area contributed by atoms with Crippen LogP contribution in [0.25, 0.3) is 21.9 Å². The van der Waals surface area contributed by atoms with Crippen LogP contribution < -0.4 is 0 Å². The number of imidazole rings is 1. The first-order valence-corrected chi connectivity index (χ1v) is 13.0. The first-order chi connectivity index (χ1) is 18.1. The molecule has 4 rings (SSSR count). The predicted molar refractivity (Wildman–Crippen MR) is 142 cm³/mol. The maximum Gasteiger partial charge on any atom is 0.360 e. The van der Waals surface area contributed by atoms with E-state index >= 15 is 8.78 Å². The number of ether oxygens (including phenoxy) is 2. The van der Waals surface area contributed by atoms with Gasteiger partial charge in [0.05, 0.1) is 40.2 Å². The zero-order chi connectivity index (χ0) is 28.8. The van der Waals surface area contributed by atoms with Crippen molar-refractivity contribution in [1.82, 2.24) is 19.3 Å². The maximum atomic E-state index is 15.4. The Bertz CT molecular complexity index is 1450. The molecule has 10 heteroatoms. The molecule has 0 spiro atoms. The van der Waals surface area contributed by atoms with Gasteiger partial charge in [0.15, 0.2) is 0 Å². The summed E-state index contributed by atoms with van der Waals surface area (Å²) >= 11 is 0. The zero-order valence-corrected chi connectivity index (χ0v) is 23.4. The zero-order valence-electron chi connectivity index (χ0n) is 23.4. The summed E-state index contributed by atoms with van der Waals surface area (Å²) in [5.41, 5.74) is 1.88. The Morgan fingerprint density at radius 1 is 0.897 bits per heavy atom. The van der Waals surface area contributed by atoms with Crippen LogP contribution in [0, 0.1) is 17.3 Å². The van der Waals surface area contributed by atoms with Gasteiger partial charge >= 0.3 is 12.2 Å². The molecule has 4 aromatic rings. The highest BCUT2D eigenvalue weighted by molar-refractivity contribution is 5.82. The molecule has 0 aliphatic carbocycles. The molecule has 0 saturated heterocycles. The van der Waals surface area contributed by atoms with Crippen molar-refractivity contribution in [2.45, 2.75) is 66.5 Å². The standard InChI is InChI=1S/C29H36F4N4O2/c1-18(2)21(28(30,31)38-17-26-34-22-10-8-9-11-24(22)36(26)6)14-19-12-13-20-23(35-37(7)25(20)15-19)16-39-29(32,33)27(3,4)5/h8-13,15,18,21H,14,16-17H2,1-7H3. The van der Waals surface area contributed by atoms with E-state index in [1.165, 1.54) is 20.8 Å². The van der Waals surface area contributed by atoms with Crippen molar-refractivity contribution < 1.29 is 27.0 Å². The number of halogens is 4. The Morgan fingerprint density at radius 2 is 1.59 bits per heavy atom.